The Balaban J connectivity index is 1.55. The van der Waals surface area contributed by atoms with Crippen molar-refractivity contribution in [1.29, 1.82) is 0 Å². The van der Waals surface area contributed by atoms with Crippen molar-refractivity contribution >= 4 is 21.6 Å². The Morgan fingerprint density at radius 1 is 1.21 bits per heavy atom. The van der Waals surface area contributed by atoms with E-state index in [1.54, 1.807) is 12.1 Å². The Bertz CT molecular complexity index is 1060. The van der Waals surface area contributed by atoms with E-state index < -0.39 is 10.0 Å². The van der Waals surface area contributed by atoms with Crippen LogP contribution in [-0.2, 0) is 34.2 Å². The maximum atomic E-state index is 12.8. The standard InChI is InChI=1S/C21H24N2O5S/c1-3-27-19-10-15-8-13(2)28-20(15)11-16(19)12-22-29(25,26)17-5-6-18-14(9-17)4-7-21(24)23-18/h5-6,9-11,13,22H,3-4,7-8,12H2,1-2H3,(H,23,24)/t13-/m0/s1. The Kier molecular flexibility index (Phi) is 5.23. The molecular formula is C21H24N2O5S. The van der Waals surface area contributed by atoms with Crippen molar-refractivity contribution in [2.75, 3.05) is 11.9 Å². The third-order valence-electron chi connectivity index (χ3n) is 5.11. The fourth-order valence-electron chi connectivity index (χ4n) is 3.69. The Morgan fingerprint density at radius 3 is 2.83 bits per heavy atom. The van der Waals surface area contributed by atoms with Gasteiger partial charge in [-0.15, -0.1) is 0 Å². The number of nitrogens with one attached hydrogen (secondary N) is 2. The van der Waals surface area contributed by atoms with Gasteiger partial charge in [-0.2, -0.15) is 0 Å². The molecule has 0 aliphatic carbocycles. The van der Waals surface area contributed by atoms with Crippen molar-refractivity contribution in [3.8, 4) is 11.5 Å². The van der Waals surface area contributed by atoms with Crippen LogP contribution in [0.4, 0.5) is 5.69 Å². The highest BCUT2D eigenvalue weighted by atomic mass is 32.2. The predicted octanol–water partition coefficient (Wildman–Crippen LogP) is 2.77. The lowest BCUT2D eigenvalue weighted by Gasteiger charge is -2.18. The minimum atomic E-state index is -3.72. The number of benzene rings is 2. The van der Waals surface area contributed by atoms with E-state index in [9.17, 15) is 13.2 Å². The van der Waals surface area contributed by atoms with Gasteiger partial charge in [0.15, 0.2) is 0 Å². The van der Waals surface area contributed by atoms with Gasteiger partial charge in [0, 0.05) is 36.2 Å². The molecule has 2 aliphatic rings. The second-order valence-electron chi connectivity index (χ2n) is 7.32. The fourth-order valence-corrected chi connectivity index (χ4v) is 4.75. The number of hydrogen-bond donors (Lipinski definition) is 2. The van der Waals surface area contributed by atoms with Gasteiger partial charge in [-0.1, -0.05) is 0 Å². The second kappa shape index (κ2) is 7.68. The summed E-state index contributed by atoms with van der Waals surface area (Å²) in [6.45, 7) is 4.48. The van der Waals surface area contributed by atoms with Crippen LogP contribution in [0.25, 0.3) is 0 Å². The highest BCUT2D eigenvalue weighted by molar-refractivity contribution is 7.89. The molecule has 2 aromatic rings. The van der Waals surface area contributed by atoms with E-state index in [0.29, 0.717) is 30.9 Å². The van der Waals surface area contributed by atoms with Crippen LogP contribution in [0.1, 0.15) is 37.0 Å². The lowest BCUT2D eigenvalue weighted by Crippen LogP contribution is -2.25. The molecule has 0 bridgehead atoms. The van der Waals surface area contributed by atoms with Crippen LogP contribution >= 0.6 is 0 Å². The first-order chi connectivity index (χ1) is 13.9. The number of anilines is 1. The zero-order chi connectivity index (χ0) is 20.6. The highest BCUT2D eigenvalue weighted by Crippen LogP contribution is 2.35. The van der Waals surface area contributed by atoms with E-state index in [4.69, 9.17) is 9.47 Å². The molecule has 2 aromatic carbocycles. The molecule has 0 spiro atoms. The minimum Gasteiger partial charge on any atom is -0.494 e. The first-order valence-electron chi connectivity index (χ1n) is 9.73. The van der Waals surface area contributed by atoms with Gasteiger partial charge < -0.3 is 14.8 Å². The van der Waals surface area contributed by atoms with Gasteiger partial charge in [0.05, 0.1) is 11.5 Å². The van der Waals surface area contributed by atoms with E-state index in [2.05, 4.69) is 10.0 Å². The molecule has 0 unspecified atom stereocenters. The molecule has 1 amide bonds. The van der Waals surface area contributed by atoms with Crippen molar-refractivity contribution in [2.45, 2.75) is 50.7 Å². The van der Waals surface area contributed by atoms with Gasteiger partial charge in [0.2, 0.25) is 15.9 Å². The Morgan fingerprint density at radius 2 is 2.03 bits per heavy atom. The predicted molar refractivity (Wildman–Crippen MR) is 109 cm³/mol. The molecule has 2 aliphatic heterocycles. The van der Waals surface area contributed by atoms with Gasteiger partial charge in [-0.3, -0.25) is 4.79 Å². The van der Waals surface area contributed by atoms with Gasteiger partial charge in [0.1, 0.15) is 17.6 Å². The second-order valence-corrected chi connectivity index (χ2v) is 9.09. The van der Waals surface area contributed by atoms with Crippen molar-refractivity contribution in [3.63, 3.8) is 0 Å². The molecule has 0 fully saturated rings. The van der Waals surface area contributed by atoms with Crippen LogP contribution in [-0.4, -0.2) is 27.0 Å². The molecule has 7 nitrogen and oxygen atoms in total. The molecule has 8 heteroatoms. The molecule has 2 heterocycles. The monoisotopic (exact) mass is 416 g/mol. The summed E-state index contributed by atoms with van der Waals surface area (Å²) in [4.78, 5) is 11.7. The Hall–Kier alpha value is -2.58. The summed E-state index contributed by atoms with van der Waals surface area (Å²) in [7, 11) is -3.72. The summed E-state index contributed by atoms with van der Waals surface area (Å²) < 4.78 is 39.9. The highest BCUT2D eigenvalue weighted by Gasteiger charge is 2.24. The number of carbonyl (C=O) groups is 1. The molecule has 154 valence electrons. The Labute approximate surface area is 170 Å². The average molecular weight is 416 g/mol. The molecule has 0 aromatic heterocycles. The van der Waals surface area contributed by atoms with Gasteiger partial charge in [0.25, 0.3) is 0 Å². The maximum Gasteiger partial charge on any atom is 0.240 e. The first kappa shape index (κ1) is 19.7. The lowest BCUT2D eigenvalue weighted by molar-refractivity contribution is -0.116. The molecule has 29 heavy (non-hydrogen) atoms. The molecule has 1 atom stereocenters. The number of sulfonamides is 1. The zero-order valence-electron chi connectivity index (χ0n) is 16.4. The van der Waals surface area contributed by atoms with Crippen molar-refractivity contribution < 1.29 is 22.7 Å². The van der Waals surface area contributed by atoms with Gasteiger partial charge in [-0.05, 0) is 56.2 Å². The van der Waals surface area contributed by atoms with E-state index in [-0.39, 0.29) is 23.5 Å². The SMILES string of the molecule is CCOc1cc2c(cc1CNS(=O)(=O)c1ccc3c(c1)CCC(=O)N3)O[C@@H](C)C2. The normalized spacial score (nSPS) is 17.9. The van der Waals surface area contributed by atoms with E-state index in [1.807, 2.05) is 26.0 Å². The summed E-state index contributed by atoms with van der Waals surface area (Å²) in [6.07, 6.45) is 1.80. The number of amides is 1. The fraction of sp³-hybridized carbons (Fsp3) is 0.381. The van der Waals surface area contributed by atoms with Crippen molar-refractivity contribution in [1.82, 2.24) is 4.72 Å². The molecular weight excluding hydrogens is 392 g/mol. The first-order valence-corrected chi connectivity index (χ1v) is 11.2. The molecule has 0 radical (unpaired) electrons. The average Bonchev–Trinajstić information content (AvgIpc) is 3.04. The third kappa shape index (κ3) is 4.09. The molecule has 2 N–H and O–H groups in total. The van der Waals surface area contributed by atoms with Gasteiger partial charge in [-0.25, -0.2) is 13.1 Å². The maximum absolute atomic E-state index is 12.8. The molecule has 0 saturated carbocycles. The zero-order valence-corrected chi connectivity index (χ0v) is 17.3. The van der Waals surface area contributed by atoms with Crippen LogP contribution in [0.3, 0.4) is 0 Å². The molecule has 4 rings (SSSR count). The summed E-state index contributed by atoms with van der Waals surface area (Å²) in [5.74, 6) is 1.39. The van der Waals surface area contributed by atoms with Crippen LogP contribution < -0.4 is 19.5 Å². The quantitative estimate of drug-likeness (QED) is 0.755. The van der Waals surface area contributed by atoms with E-state index in [1.165, 1.54) is 6.07 Å². The minimum absolute atomic E-state index is 0.0529. The topological polar surface area (TPSA) is 93.7 Å². The van der Waals surface area contributed by atoms with Crippen LogP contribution in [0.5, 0.6) is 11.5 Å². The largest absolute Gasteiger partial charge is 0.494 e. The summed E-state index contributed by atoms with van der Waals surface area (Å²) >= 11 is 0. The van der Waals surface area contributed by atoms with Crippen molar-refractivity contribution in [2.24, 2.45) is 0 Å². The summed E-state index contributed by atoms with van der Waals surface area (Å²) in [5.41, 5.74) is 3.30. The molecule has 0 saturated heterocycles. The lowest BCUT2D eigenvalue weighted by atomic mass is 10.0. The number of ether oxygens (including phenoxy) is 2. The van der Waals surface area contributed by atoms with Crippen LogP contribution in [0.15, 0.2) is 35.2 Å². The third-order valence-corrected chi connectivity index (χ3v) is 6.51. The number of fused-ring (bicyclic) bond motifs is 2. The van der Waals surface area contributed by atoms with Crippen LogP contribution in [0.2, 0.25) is 0 Å². The smallest absolute Gasteiger partial charge is 0.240 e. The van der Waals surface area contributed by atoms with Crippen LogP contribution in [0, 0.1) is 0 Å². The summed E-state index contributed by atoms with van der Waals surface area (Å²) in [5, 5.41) is 2.76. The number of rotatable bonds is 6. The van der Waals surface area contributed by atoms with E-state index in [0.717, 1.165) is 28.9 Å². The summed E-state index contributed by atoms with van der Waals surface area (Å²) in [6, 6.07) is 8.55. The number of aryl methyl sites for hydroxylation is 1. The number of carbonyl (C=O) groups excluding carboxylic acids is 1. The van der Waals surface area contributed by atoms with Gasteiger partial charge >= 0.3 is 0 Å². The number of hydrogen-bond acceptors (Lipinski definition) is 5. The van der Waals surface area contributed by atoms with Crippen molar-refractivity contribution in [3.05, 3.63) is 47.0 Å². The van der Waals surface area contributed by atoms with E-state index >= 15 is 0 Å².